The highest BCUT2D eigenvalue weighted by Crippen LogP contribution is 2.31. The molecule has 0 atom stereocenters. The first-order valence-electron chi connectivity index (χ1n) is 8.37. The Labute approximate surface area is 148 Å². The van der Waals surface area contributed by atoms with Gasteiger partial charge in [0.1, 0.15) is 0 Å². The normalized spacial score (nSPS) is 10.5. The van der Waals surface area contributed by atoms with E-state index >= 15 is 0 Å². The van der Waals surface area contributed by atoms with Crippen LogP contribution in [0.1, 0.15) is 61.8 Å². The molecule has 2 aromatic rings. The fourth-order valence-electron chi connectivity index (χ4n) is 2.89. The van der Waals surface area contributed by atoms with Crippen molar-refractivity contribution in [2.45, 2.75) is 46.0 Å². The second-order valence-electron chi connectivity index (χ2n) is 6.68. The van der Waals surface area contributed by atoms with Crippen molar-refractivity contribution >= 4 is 23.5 Å². The van der Waals surface area contributed by atoms with E-state index in [0.29, 0.717) is 11.4 Å². The summed E-state index contributed by atoms with van der Waals surface area (Å²) in [6, 6.07) is 11.9. The first-order valence-corrected chi connectivity index (χ1v) is 8.37. The zero-order valence-corrected chi connectivity index (χ0v) is 15.0. The van der Waals surface area contributed by atoms with Crippen LogP contribution in [0.15, 0.2) is 46.4 Å². The number of benzene rings is 2. The van der Waals surface area contributed by atoms with E-state index in [0.717, 1.165) is 28.7 Å². The van der Waals surface area contributed by atoms with E-state index in [1.54, 1.807) is 12.2 Å². The fourth-order valence-corrected chi connectivity index (χ4v) is 2.89. The molecule has 25 heavy (non-hydrogen) atoms. The van der Waals surface area contributed by atoms with Crippen molar-refractivity contribution in [2.75, 3.05) is 0 Å². The number of hydrogen-bond donors (Lipinski definition) is 0. The minimum atomic E-state index is 0.266. The van der Waals surface area contributed by atoms with Gasteiger partial charge in [-0.3, -0.25) is 0 Å². The van der Waals surface area contributed by atoms with E-state index in [2.05, 4.69) is 49.8 Å². The third-order valence-electron chi connectivity index (χ3n) is 4.17. The van der Waals surface area contributed by atoms with Crippen LogP contribution in [0.3, 0.4) is 0 Å². The molecule has 0 radical (unpaired) electrons. The lowest BCUT2D eigenvalue weighted by Crippen LogP contribution is -1.96. The van der Waals surface area contributed by atoms with Gasteiger partial charge in [-0.05, 0) is 52.6 Å². The van der Waals surface area contributed by atoms with Crippen molar-refractivity contribution in [1.29, 1.82) is 0 Å². The molecule has 0 N–H and O–H groups in total. The molecule has 0 aliphatic heterocycles. The van der Waals surface area contributed by atoms with Crippen molar-refractivity contribution in [2.24, 2.45) is 9.98 Å². The summed E-state index contributed by atoms with van der Waals surface area (Å²) < 4.78 is 0. The van der Waals surface area contributed by atoms with Gasteiger partial charge in [0, 0.05) is 0 Å². The van der Waals surface area contributed by atoms with E-state index in [1.165, 1.54) is 0 Å². The molecule has 0 amide bonds. The lowest BCUT2D eigenvalue weighted by Gasteiger charge is -2.13. The molecule has 2 rings (SSSR count). The number of aliphatic imine (C=N–C) groups is 2. The average molecular weight is 334 g/mol. The van der Waals surface area contributed by atoms with Gasteiger partial charge in [0.05, 0.1) is 11.4 Å². The number of rotatable bonds is 6. The Kier molecular flexibility index (Phi) is 6.19. The van der Waals surface area contributed by atoms with Crippen LogP contribution in [0, 0.1) is 0 Å². The first kappa shape index (κ1) is 18.5. The molecule has 0 spiro atoms. The van der Waals surface area contributed by atoms with E-state index in [1.807, 2.05) is 24.3 Å². The van der Waals surface area contributed by atoms with Crippen molar-refractivity contribution in [3.8, 4) is 0 Å². The van der Waals surface area contributed by atoms with Crippen molar-refractivity contribution in [1.82, 2.24) is 0 Å². The molecule has 0 saturated heterocycles. The van der Waals surface area contributed by atoms with Gasteiger partial charge in [0.15, 0.2) is 0 Å². The Bertz CT molecular complexity index is 785. The summed E-state index contributed by atoms with van der Waals surface area (Å²) in [5.41, 5.74) is 5.71. The lowest BCUT2D eigenvalue weighted by molar-refractivity contribution is 0.564. The Morgan fingerprint density at radius 3 is 1.48 bits per heavy atom. The molecule has 0 bridgehead atoms. The van der Waals surface area contributed by atoms with Crippen LogP contribution in [0.4, 0.5) is 11.4 Å². The molecule has 4 heteroatoms. The number of isocyanates is 2. The third kappa shape index (κ3) is 4.60. The Morgan fingerprint density at radius 2 is 1.16 bits per heavy atom. The maximum absolute atomic E-state index is 10.6. The second kappa shape index (κ2) is 8.34. The van der Waals surface area contributed by atoms with E-state index < -0.39 is 0 Å². The maximum Gasteiger partial charge on any atom is 0.240 e. The molecular formula is C21H22N2O2. The molecular weight excluding hydrogens is 312 g/mol. The van der Waals surface area contributed by atoms with Gasteiger partial charge in [-0.15, -0.1) is 0 Å². The van der Waals surface area contributed by atoms with E-state index in [9.17, 15) is 9.59 Å². The zero-order valence-electron chi connectivity index (χ0n) is 15.0. The highest BCUT2D eigenvalue weighted by atomic mass is 16.1. The molecule has 4 nitrogen and oxygen atoms in total. The molecule has 128 valence electrons. The minimum Gasteiger partial charge on any atom is -0.211 e. The average Bonchev–Trinajstić information content (AvgIpc) is 2.57. The third-order valence-corrected chi connectivity index (χ3v) is 4.17. The SMILES string of the molecule is CC(C)c1cc(Cc2ccc(N=C=O)c(C(C)C)c2)ccc1N=C=O. The maximum atomic E-state index is 10.6. The molecule has 0 aliphatic rings. The first-order chi connectivity index (χ1) is 12.0. The molecule has 0 fully saturated rings. The highest BCUT2D eigenvalue weighted by Gasteiger charge is 2.11. The van der Waals surface area contributed by atoms with Gasteiger partial charge in [-0.25, -0.2) is 9.59 Å². The molecule has 0 heterocycles. The minimum absolute atomic E-state index is 0.266. The Morgan fingerprint density at radius 1 is 0.760 bits per heavy atom. The summed E-state index contributed by atoms with van der Waals surface area (Å²) in [6.45, 7) is 8.30. The summed E-state index contributed by atoms with van der Waals surface area (Å²) in [5.74, 6) is 0.533. The summed E-state index contributed by atoms with van der Waals surface area (Å²) in [7, 11) is 0. The van der Waals surface area contributed by atoms with Crippen LogP contribution >= 0.6 is 0 Å². The molecule has 0 aromatic heterocycles. The Balaban J connectivity index is 2.39. The standard InChI is InChI=1S/C21H22N2O2/c1-14(2)18-10-16(5-7-20(18)22-12-24)9-17-6-8-21(23-13-25)19(11-17)15(3)4/h5-8,10-11,14-15H,9H2,1-4H3. The number of carbonyl (C=O) groups excluding carboxylic acids is 2. The van der Waals surface area contributed by atoms with Gasteiger partial charge in [-0.1, -0.05) is 52.0 Å². The quantitative estimate of drug-likeness (QED) is 0.520. The summed E-state index contributed by atoms with van der Waals surface area (Å²) in [6.07, 6.45) is 4.00. The molecule has 2 aromatic carbocycles. The Hall–Kier alpha value is -2.80. The van der Waals surface area contributed by atoms with Gasteiger partial charge in [0.25, 0.3) is 0 Å². The fraction of sp³-hybridized carbons (Fsp3) is 0.333. The predicted octanol–water partition coefficient (Wildman–Crippen LogP) is 5.46. The summed E-state index contributed by atoms with van der Waals surface area (Å²) in [4.78, 5) is 28.7. The van der Waals surface area contributed by atoms with E-state index in [-0.39, 0.29) is 11.8 Å². The van der Waals surface area contributed by atoms with Crippen molar-refractivity contribution in [3.05, 3.63) is 58.7 Å². The van der Waals surface area contributed by atoms with Crippen molar-refractivity contribution < 1.29 is 9.59 Å². The monoisotopic (exact) mass is 334 g/mol. The van der Waals surface area contributed by atoms with Gasteiger partial charge in [-0.2, -0.15) is 9.98 Å². The molecule has 0 saturated carbocycles. The van der Waals surface area contributed by atoms with Gasteiger partial charge >= 0.3 is 0 Å². The van der Waals surface area contributed by atoms with Gasteiger partial charge < -0.3 is 0 Å². The van der Waals surface area contributed by atoms with Crippen molar-refractivity contribution in [3.63, 3.8) is 0 Å². The van der Waals surface area contributed by atoms with Crippen LogP contribution in [0.2, 0.25) is 0 Å². The molecule has 0 unspecified atom stereocenters. The van der Waals surface area contributed by atoms with Crippen LogP contribution in [0.5, 0.6) is 0 Å². The number of nitrogens with zero attached hydrogens (tertiary/aromatic N) is 2. The highest BCUT2D eigenvalue weighted by molar-refractivity contribution is 5.58. The smallest absolute Gasteiger partial charge is 0.211 e. The lowest BCUT2D eigenvalue weighted by atomic mass is 9.93. The largest absolute Gasteiger partial charge is 0.240 e. The topological polar surface area (TPSA) is 58.9 Å². The van der Waals surface area contributed by atoms with Crippen LogP contribution in [-0.4, -0.2) is 12.2 Å². The zero-order chi connectivity index (χ0) is 18.4. The summed E-state index contributed by atoms with van der Waals surface area (Å²) in [5, 5.41) is 0. The van der Waals surface area contributed by atoms with Gasteiger partial charge in [0.2, 0.25) is 12.2 Å². The van der Waals surface area contributed by atoms with Crippen LogP contribution in [-0.2, 0) is 16.0 Å². The second-order valence-corrected chi connectivity index (χ2v) is 6.68. The van der Waals surface area contributed by atoms with E-state index in [4.69, 9.17) is 0 Å². The van der Waals surface area contributed by atoms with Crippen LogP contribution < -0.4 is 0 Å². The predicted molar refractivity (Wildman–Crippen MR) is 99.4 cm³/mol. The number of hydrogen-bond acceptors (Lipinski definition) is 4. The molecule has 0 aliphatic carbocycles. The summed E-state index contributed by atoms with van der Waals surface area (Å²) >= 11 is 0. The van der Waals surface area contributed by atoms with Crippen LogP contribution in [0.25, 0.3) is 0 Å².